The number of carbonyl (C=O) groups is 1. The van der Waals surface area contributed by atoms with E-state index in [0.717, 1.165) is 42.7 Å². The van der Waals surface area contributed by atoms with E-state index >= 15 is 0 Å². The van der Waals surface area contributed by atoms with Gasteiger partial charge in [-0.2, -0.15) is 0 Å². The predicted molar refractivity (Wildman–Crippen MR) is 134 cm³/mol. The first kappa shape index (κ1) is 26.0. The van der Waals surface area contributed by atoms with Crippen molar-refractivity contribution in [2.75, 3.05) is 6.61 Å². The summed E-state index contributed by atoms with van der Waals surface area (Å²) in [7, 11) is 0. The average Bonchev–Trinajstić information content (AvgIpc) is 2.82. The van der Waals surface area contributed by atoms with Crippen molar-refractivity contribution in [3.8, 4) is 16.9 Å². The molecule has 0 aliphatic heterocycles. The summed E-state index contributed by atoms with van der Waals surface area (Å²) in [6.07, 6.45) is 13.3. The molecule has 0 saturated heterocycles. The molecule has 0 bridgehead atoms. The van der Waals surface area contributed by atoms with Gasteiger partial charge in [-0.25, -0.2) is 4.79 Å². The van der Waals surface area contributed by atoms with Crippen molar-refractivity contribution in [1.29, 1.82) is 0 Å². The molecule has 0 aliphatic carbocycles. The van der Waals surface area contributed by atoms with Crippen LogP contribution in [-0.4, -0.2) is 18.7 Å². The van der Waals surface area contributed by atoms with Gasteiger partial charge in [-0.3, -0.25) is 0 Å². The Morgan fingerprint density at radius 1 is 0.719 bits per heavy atom. The fourth-order valence-corrected chi connectivity index (χ4v) is 3.78. The molecule has 0 fully saturated rings. The number of rotatable bonds is 16. The summed E-state index contributed by atoms with van der Waals surface area (Å²) < 4.78 is 11.5. The first-order valence-corrected chi connectivity index (χ1v) is 12.7. The molecule has 1 unspecified atom stereocenters. The Labute approximate surface area is 195 Å². The van der Waals surface area contributed by atoms with Crippen molar-refractivity contribution in [2.45, 2.75) is 97.5 Å². The molecule has 0 spiro atoms. The van der Waals surface area contributed by atoms with E-state index in [1.165, 1.54) is 51.4 Å². The molecule has 0 radical (unpaired) electrons. The van der Waals surface area contributed by atoms with Crippen LogP contribution >= 0.6 is 0 Å². The summed E-state index contributed by atoms with van der Waals surface area (Å²) in [5.41, 5.74) is 2.80. The van der Waals surface area contributed by atoms with Crippen molar-refractivity contribution >= 4 is 5.97 Å². The van der Waals surface area contributed by atoms with E-state index in [-0.39, 0.29) is 12.1 Å². The van der Waals surface area contributed by atoms with Crippen molar-refractivity contribution < 1.29 is 14.3 Å². The summed E-state index contributed by atoms with van der Waals surface area (Å²) in [5.74, 6) is 0.674. The largest absolute Gasteiger partial charge is 0.494 e. The molecule has 176 valence electrons. The van der Waals surface area contributed by atoms with Crippen LogP contribution in [0.2, 0.25) is 0 Å². The molecule has 0 N–H and O–H groups in total. The maximum Gasteiger partial charge on any atom is 0.338 e. The quantitative estimate of drug-likeness (QED) is 0.194. The van der Waals surface area contributed by atoms with E-state index in [9.17, 15) is 4.79 Å². The zero-order valence-corrected chi connectivity index (χ0v) is 20.4. The molecule has 32 heavy (non-hydrogen) atoms. The van der Waals surface area contributed by atoms with Crippen molar-refractivity contribution in [3.63, 3.8) is 0 Å². The van der Waals surface area contributed by atoms with Crippen LogP contribution in [0.25, 0.3) is 11.1 Å². The Bertz CT molecular complexity index is 749. The third kappa shape index (κ3) is 9.89. The van der Waals surface area contributed by atoms with Crippen molar-refractivity contribution in [2.24, 2.45) is 0 Å². The van der Waals surface area contributed by atoms with E-state index in [4.69, 9.17) is 9.47 Å². The molecule has 0 amide bonds. The molecular formula is C29H42O3. The lowest BCUT2D eigenvalue weighted by Crippen LogP contribution is -2.15. The SMILES string of the molecule is CCCCCCCCOc1ccc(-c2ccc(C(=O)OC(C)CCCCCC)cc2)cc1. The van der Waals surface area contributed by atoms with E-state index in [2.05, 4.69) is 26.0 Å². The summed E-state index contributed by atoms with van der Waals surface area (Å²) in [4.78, 5) is 12.4. The van der Waals surface area contributed by atoms with E-state index in [1.54, 1.807) is 0 Å². The number of esters is 1. The molecule has 0 aliphatic rings. The third-order valence-electron chi connectivity index (χ3n) is 5.85. The number of hydrogen-bond donors (Lipinski definition) is 0. The Balaban J connectivity index is 1.76. The Kier molecular flexibility index (Phi) is 12.6. The summed E-state index contributed by atoms with van der Waals surface area (Å²) in [6, 6.07) is 15.9. The Morgan fingerprint density at radius 2 is 1.25 bits per heavy atom. The minimum absolute atomic E-state index is 0.0390. The van der Waals surface area contributed by atoms with Gasteiger partial charge in [0.25, 0.3) is 0 Å². The fraction of sp³-hybridized carbons (Fsp3) is 0.552. The first-order valence-electron chi connectivity index (χ1n) is 12.7. The highest BCUT2D eigenvalue weighted by molar-refractivity contribution is 5.90. The van der Waals surface area contributed by atoms with Crippen molar-refractivity contribution in [1.82, 2.24) is 0 Å². The molecule has 3 nitrogen and oxygen atoms in total. The molecular weight excluding hydrogens is 396 g/mol. The van der Waals surface area contributed by atoms with Crippen LogP contribution in [-0.2, 0) is 4.74 Å². The molecule has 1 atom stereocenters. The zero-order chi connectivity index (χ0) is 23.0. The van der Waals surface area contributed by atoms with Crippen LogP contribution in [0.4, 0.5) is 0 Å². The average molecular weight is 439 g/mol. The van der Waals surface area contributed by atoms with Crippen LogP contribution in [0.3, 0.4) is 0 Å². The molecule has 2 aromatic carbocycles. The fourth-order valence-electron chi connectivity index (χ4n) is 3.78. The number of benzene rings is 2. The van der Waals surface area contributed by atoms with Gasteiger partial charge in [0.2, 0.25) is 0 Å². The second-order valence-electron chi connectivity index (χ2n) is 8.78. The van der Waals surface area contributed by atoms with Crippen LogP contribution in [0.15, 0.2) is 48.5 Å². The molecule has 3 heteroatoms. The Morgan fingerprint density at radius 3 is 1.88 bits per heavy atom. The number of unbranched alkanes of at least 4 members (excludes halogenated alkanes) is 8. The lowest BCUT2D eigenvalue weighted by Gasteiger charge is -2.13. The van der Waals surface area contributed by atoms with Gasteiger partial charge in [0.05, 0.1) is 18.3 Å². The van der Waals surface area contributed by atoms with Gasteiger partial charge in [0.1, 0.15) is 5.75 Å². The summed E-state index contributed by atoms with van der Waals surface area (Å²) >= 11 is 0. The molecule has 0 aromatic heterocycles. The monoisotopic (exact) mass is 438 g/mol. The second-order valence-corrected chi connectivity index (χ2v) is 8.78. The van der Waals surface area contributed by atoms with E-state index in [1.807, 2.05) is 43.3 Å². The third-order valence-corrected chi connectivity index (χ3v) is 5.85. The van der Waals surface area contributed by atoms with Gasteiger partial charge in [0.15, 0.2) is 0 Å². The van der Waals surface area contributed by atoms with E-state index < -0.39 is 0 Å². The lowest BCUT2D eigenvalue weighted by molar-refractivity contribution is 0.0319. The van der Waals surface area contributed by atoms with Gasteiger partial charge in [-0.1, -0.05) is 89.5 Å². The van der Waals surface area contributed by atoms with E-state index in [0.29, 0.717) is 5.56 Å². The molecule has 0 heterocycles. The van der Waals surface area contributed by atoms with Gasteiger partial charge >= 0.3 is 5.97 Å². The van der Waals surface area contributed by atoms with Crippen LogP contribution in [0, 0.1) is 0 Å². The van der Waals surface area contributed by atoms with Gasteiger partial charge in [-0.05, 0) is 61.6 Å². The topological polar surface area (TPSA) is 35.5 Å². The second kappa shape index (κ2) is 15.5. The van der Waals surface area contributed by atoms with Crippen LogP contribution < -0.4 is 4.74 Å². The predicted octanol–water partition coefficient (Wildman–Crippen LogP) is 8.61. The van der Waals surface area contributed by atoms with Gasteiger partial charge in [-0.15, -0.1) is 0 Å². The minimum atomic E-state index is -0.238. The number of hydrogen-bond acceptors (Lipinski definition) is 3. The highest BCUT2D eigenvalue weighted by Gasteiger charge is 2.12. The highest BCUT2D eigenvalue weighted by Crippen LogP contribution is 2.23. The molecule has 2 aromatic rings. The maximum atomic E-state index is 12.4. The number of carbonyl (C=O) groups excluding carboxylic acids is 1. The maximum absolute atomic E-state index is 12.4. The smallest absolute Gasteiger partial charge is 0.338 e. The normalized spacial score (nSPS) is 11.8. The zero-order valence-electron chi connectivity index (χ0n) is 20.4. The Hall–Kier alpha value is -2.29. The highest BCUT2D eigenvalue weighted by atomic mass is 16.5. The molecule has 0 saturated carbocycles. The first-order chi connectivity index (χ1) is 15.6. The minimum Gasteiger partial charge on any atom is -0.494 e. The van der Waals surface area contributed by atoms with Gasteiger partial charge in [0, 0.05) is 0 Å². The lowest BCUT2D eigenvalue weighted by atomic mass is 10.0. The summed E-state index contributed by atoms with van der Waals surface area (Å²) in [6.45, 7) is 7.20. The van der Waals surface area contributed by atoms with Crippen LogP contribution in [0.5, 0.6) is 5.75 Å². The summed E-state index contributed by atoms with van der Waals surface area (Å²) in [5, 5.41) is 0. The number of ether oxygens (including phenoxy) is 2. The van der Waals surface area contributed by atoms with Gasteiger partial charge < -0.3 is 9.47 Å². The van der Waals surface area contributed by atoms with Crippen LogP contribution in [0.1, 0.15) is 102 Å². The standard InChI is InChI=1S/C29H42O3/c1-4-6-8-10-11-13-23-31-28-21-19-26(20-22-28)25-15-17-27(18-16-25)29(30)32-24(3)14-12-9-7-5-2/h15-22,24H,4-14,23H2,1-3H3. The molecule has 2 rings (SSSR count). The van der Waals surface area contributed by atoms with Crippen molar-refractivity contribution in [3.05, 3.63) is 54.1 Å².